The molecule has 4 aliphatic rings. The summed E-state index contributed by atoms with van der Waals surface area (Å²) in [4.78, 5) is 0. The molecule has 0 N–H and O–H groups in total. The minimum Gasteiger partial charge on any atom is -0.0881 e. The summed E-state index contributed by atoms with van der Waals surface area (Å²) in [7, 11) is 0. The van der Waals surface area contributed by atoms with E-state index < -0.39 is 0 Å². The van der Waals surface area contributed by atoms with Gasteiger partial charge in [0.15, 0.2) is 0 Å². The molecule has 0 bridgehead atoms. The van der Waals surface area contributed by atoms with Gasteiger partial charge in [0.2, 0.25) is 0 Å². The third-order valence-electron chi connectivity index (χ3n) is 8.62. The first-order valence-corrected chi connectivity index (χ1v) is 9.73. The Morgan fingerprint density at radius 2 is 1.81 bits per heavy atom. The standard InChI is InChI=1S/C21H34/c1-4-15-10-13-20(2)14-11-18-17(19(15)20)9-8-16-7-5-6-12-21(16,18)3/h4,16-19H,5-14H2,1-3H3/b15-4+/t16-,17-,18+,19+,20+,21+/m1/s1. The largest absolute Gasteiger partial charge is 0.0881 e. The van der Waals surface area contributed by atoms with Crippen molar-refractivity contribution in [3.63, 3.8) is 0 Å². The van der Waals surface area contributed by atoms with Gasteiger partial charge in [-0.15, -0.1) is 0 Å². The van der Waals surface area contributed by atoms with Gasteiger partial charge in [-0.2, -0.15) is 0 Å². The smallest absolute Gasteiger partial charge is 0.0118 e. The van der Waals surface area contributed by atoms with Crippen molar-refractivity contribution in [2.75, 3.05) is 0 Å². The molecule has 0 aromatic rings. The van der Waals surface area contributed by atoms with Crippen LogP contribution in [0.3, 0.4) is 0 Å². The number of fused-ring (bicyclic) bond motifs is 5. The lowest BCUT2D eigenvalue weighted by molar-refractivity contribution is -0.0957. The summed E-state index contributed by atoms with van der Waals surface area (Å²) in [5, 5.41) is 0. The lowest BCUT2D eigenvalue weighted by Crippen LogP contribution is -2.52. The van der Waals surface area contributed by atoms with Crippen molar-refractivity contribution in [3.05, 3.63) is 11.6 Å². The maximum absolute atomic E-state index is 2.70. The zero-order valence-corrected chi connectivity index (χ0v) is 14.5. The molecule has 0 aromatic heterocycles. The molecule has 0 unspecified atom stereocenters. The molecule has 4 rings (SSSR count). The van der Waals surface area contributed by atoms with Gasteiger partial charge < -0.3 is 0 Å². The zero-order valence-electron chi connectivity index (χ0n) is 14.5. The van der Waals surface area contributed by atoms with Crippen molar-refractivity contribution in [1.82, 2.24) is 0 Å². The molecule has 0 amide bonds. The Labute approximate surface area is 131 Å². The van der Waals surface area contributed by atoms with Crippen LogP contribution < -0.4 is 0 Å². The van der Waals surface area contributed by atoms with Crippen molar-refractivity contribution in [3.8, 4) is 0 Å². The highest BCUT2D eigenvalue weighted by atomic mass is 14.6. The highest BCUT2D eigenvalue weighted by molar-refractivity contribution is 5.22. The molecule has 21 heavy (non-hydrogen) atoms. The van der Waals surface area contributed by atoms with Crippen LogP contribution in [-0.4, -0.2) is 0 Å². The second kappa shape index (κ2) is 4.87. The van der Waals surface area contributed by atoms with Gasteiger partial charge in [0.05, 0.1) is 0 Å². The highest BCUT2D eigenvalue weighted by Crippen LogP contribution is 2.67. The van der Waals surface area contributed by atoms with Crippen LogP contribution in [0.25, 0.3) is 0 Å². The number of hydrogen-bond donors (Lipinski definition) is 0. The lowest BCUT2D eigenvalue weighted by Gasteiger charge is -2.60. The molecule has 0 radical (unpaired) electrons. The van der Waals surface area contributed by atoms with Crippen molar-refractivity contribution < 1.29 is 0 Å². The monoisotopic (exact) mass is 286 g/mol. The average molecular weight is 287 g/mol. The van der Waals surface area contributed by atoms with Crippen molar-refractivity contribution >= 4 is 0 Å². The van der Waals surface area contributed by atoms with Crippen LogP contribution in [0.1, 0.15) is 85.0 Å². The van der Waals surface area contributed by atoms with E-state index >= 15 is 0 Å². The Balaban J connectivity index is 1.69. The molecule has 4 aliphatic carbocycles. The molecule has 0 aromatic carbocycles. The lowest BCUT2D eigenvalue weighted by atomic mass is 9.45. The Hall–Kier alpha value is -0.260. The second-order valence-electron chi connectivity index (χ2n) is 9.33. The Morgan fingerprint density at radius 1 is 0.952 bits per heavy atom. The Kier molecular flexibility index (Phi) is 3.32. The molecule has 0 spiro atoms. The first-order chi connectivity index (χ1) is 10.1. The van der Waals surface area contributed by atoms with E-state index in [2.05, 4.69) is 26.8 Å². The summed E-state index contributed by atoms with van der Waals surface area (Å²) < 4.78 is 0. The van der Waals surface area contributed by atoms with Crippen LogP contribution in [0, 0.1) is 34.5 Å². The van der Waals surface area contributed by atoms with E-state index in [0.717, 1.165) is 23.7 Å². The van der Waals surface area contributed by atoms with Crippen LogP contribution in [0.5, 0.6) is 0 Å². The van der Waals surface area contributed by atoms with E-state index in [4.69, 9.17) is 0 Å². The van der Waals surface area contributed by atoms with E-state index in [9.17, 15) is 0 Å². The van der Waals surface area contributed by atoms with Crippen LogP contribution in [0.2, 0.25) is 0 Å². The van der Waals surface area contributed by atoms with Crippen molar-refractivity contribution in [2.45, 2.75) is 85.0 Å². The number of rotatable bonds is 0. The van der Waals surface area contributed by atoms with E-state index in [1.807, 2.05) is 5.57 Å². The van der Waals surface area contributed by atoms with E-state index in [0.29, 0.717) is 10.8 Å². The quantitative estimate of drug-likeness (QED) is 0.454. The Morgan fingerprint density at radius 3 is 2.62 bits per heavy atom. The average Bonchev–Trinajstić information content (AvgIpc) is 2.83. The molecule has 6 atom stereocenters. The fraction of sp³-hybridized carbons (Fsp3) is 0.905. The maximum Gasteiger partial charge on any atom is -0.0118 e. The van der Waals surface area contributed by atoms with Crippen LogP contribution >= 0.6 is 0 Å². The second-order valence-corrected chi connectivity index (χ2v) is 9.33. The number of hydrogen-bond acceptors (Lipinski definition) is 0. The maximum atomic E-state index is 2.70. The Bertz CT molecular complexity index is 447. The molecule has 0 heteroatoms. The van der Waals surface area contributed by atoms with Crippen LogP contribution in [-0.2, 0) is 0 Å². The minimum absolute atomic E-state index is 0.654. The van der Waals surface area contributed by atoms with Gasteiger partial charge in [-0.25, -0.2) is 0 Å². The van der Waals surface area contributed by atoms with Gasteiger partial charge in [0.25, 0.3) is 0 Å². The summed E-state index contributed by atoms with van der Waals surface area (Å²) in [6, 6.07) is 0. The molecular weight excluding hydrogens is 252 g/mol. The third-order valence-corrected chi connectivity index (χ3v) is 8.62. The highest BCUT2D eigenvalue weighted by Gasteiger charge is 2.58. The molecule has 4 fully saturated rings. The predicted octanol–water partition coefficient (Wildman–Crippen LogP) is 6.37. The fourth-order valence-electron chi connectivity index (χ4n) is 7.49. The summed E-state index contributed by atoms with van der Waals surface area (Å²) in [6.07, 6.45) is 17.6. The molecular formula is C21H34. The van der Waals surface area contributed by atoms with Crippen molar-refractivity contribution in [2.24, 2.45) is 34.5 Å². The topological polar surface area (TPSA) is 0 Å². The molecule has 0 aliphatic heterocycles. The molecule has 118 valence electrons. The SMILES string of the molecule is C/C=C1\CC[C@@]2(C)CC[C@H]3[C@@H](CC[C@H]4CCCC[C@@]43C)[C@H]12. The van der Waals surface area contributed by atoms with Gasteiger partial charge in [-0.3, -0.25) is 0 Å². The van der Waals surface area contributed by atoms with Gasteiger partial charge >= 0.3 is 0 Å². The van der Waals surface area contributed by atoms with Crippen LogP contribution in [0.15, 0.2) is 11.6 Å². The van der Waals surface area contributed by atoms with Gasteiger partial charge in [-0.05, 0) is 92.8 Å². The van der Waals surface area contributed by atoms with E-state index in [1.54, 1.807) is 19.3 Å². The third kappa shape index (κ3) is 1.93. The normalized spacial score (nSPS) is 54.9. The minimum atomic E-state index is 0.654. The molecule has 0 nitrogen and oxygen atoms in total. The summed E-state index contributed by atoms with van der Waals surface area (Å²) in [6.45, 7) is 7.62. The van der Waals surface area contributed by atoms with E-state index in [1.165, 1.54) is 44.9 Å². The summed E-state index contributed by atoms with van der Waals surface area (Å²) in [5.74, 6) is 4.08. The molecule has 0 heterocycles. The predicted molar refractivity (Wildman–Crippen MR) is 90.1 cm³/mol. The molecule has 4 saturated carbocycles. The van der Waals surface area contributed by atoms with Gasteiger partial charge in [0, 0.05) is 0 Å². The molecule has 0 saturated heterocycles. The summed E-state index contributed by atoms with van der Waals surface area (Å²) >= 11 is 0. The number of allylic oxidation sites excluding steroid dienone is 2. The summed E-state index contributed by atoms with van der Waals surface area (Å²) in [5.41, 5.74) is 3.19. The zero-order chi connectivity index (χ0) is 14.7. The van der Waals surface area contributed by atoms with E-state index in [-0.39, 0.29) is 0 Å². The first-order valence-electron chi connectivity index (χ1n) is 9.73. The first kappa shape index (κ1) is 14.3. The van der Waals surface area contributed by atoms with Gasteiger partial charge in [0.1, 0.15) is 0 Å². The fourth-order valence-corrected chi connectivity index (χ4v) is 7.49. The van der Waals surface area contributed by atoms with Crippen molar-refractivity contribution in [1.29, 1.82) is 0 Å². The van der Waals surface area contributed by atoms with Crippen LogP contribution in [0.4, 0.5) is 0 Å². The van der Waals surface area contributed by atoms with Gasteiger partial charge in [-0.1, -0.05) is 38.3 Å².